The Morgan fingerprint density at radius 2 is 1.61 bits per heavy atom. The summed E-state index contributed by atoms with van der Waals surface area (Å²) in [6.07, 6.45) is 7.50. The van der Waals surface area contributed by atoms with Crippen molar-refractivity contribution in [3.05, 3.63) is 11.9 Å². The van der Waals surface area contributed by atoms with Crippen LogP contribution in [0, 0.1) is 5.41 Å². The number of aromatic nitrogens is 3. The minimum absolute atomic E-state index is 0.00314. The fraction of sp³-hybridized carbons (Fsp3) is 0.833. The van der Waals surface area contributed by atoms with Gasteiger partial charge in [0, 0.05) is 50.8 Å². The summed E-state index contributed by atoms with van der Waals surface area (Å²) in [6.45, 7) is 16.9. The molecule has 0 atom stereocenters. The molecule has 1 aromatic rings. The van der Waals surface area contributed by atoms with E-state index in [0.717, 1.165) is 31.5 Å². The Balaban J connectivity index is 2.19. The predicted octanol–water partition coefficient (Wildman–Crippen LogP) is 3.64. The molecular weight excluding hydrogens is 526 g/mol. The van der Waals surface area contributed by atoms with Crippen molar-refractivity contribution in [1.82, 2.24) is 25.6 Å². The van der Waals surface area contributed by atoms with Crippen LogP contribution < -0.4 is 10.6 Å². The van der Waals surface area contributed by atoms with E-state index in [2.05, 4.69) is 20.9 Å². The summed E-state index contributed by atoms with van der Waals surface area (Å²) in [6, 6.07) is -0.119. The Kier molecular flexibility index (Phi) is 17.6. The summed E-state index contributed by atoms with van der Waals surface area (Å²) >= 11 is 0. The van der Waals surface area contributed by atoms with E-state index in [1.165, 1.54) is 0 Å². The maximum absolute atomic E-state index is 12.3. The lowest BCUT2D eigenvalue weighted by Crippen LogP contribution is -2.41. The van der Waals surface area contributed by atoms with Crippen LogP contribution in [-0.4, -0.2) is 83.8 Å². The lowest BCUT2D eigenvalue weighted by atomic mass is 9.90. The van der Waals surface area contributed by atoms with Gasteiger partial charge in [0.25, 0.3) is 0 Å². The summed E-state index contributed by atoms with van der Waals surface area (Å²) in [5.74, 6) is 0.121. The smallest absolute Gasteiger partial charge is 0.220 e. The number of nitrogens with one attached hydrogen (secondary N) is 2. The van der Waals surface area contributed by atoms with Crippen molar-refractivity contribution in [3.63, 3.8) is 0 Å². The van der Waals surface area contributed by atoms with E-state index < -0.39 is 11.0 Å². The van der Waals surface area contributed by atoms with E-state index in [9.17, 15) is 14.4 Å². The summed E-state index contributed by atoms with van der Waals surface area (Å²) in [5, 5.41) is 14.4. The van der Waals surface area contributed by atoms with Crippen LogP contribution in [0.5, 0.6) is 0 Å². The van der Waals surface area contributed by atoms with Crippen LogP contribution in [0.15, 0.2) is 6.20 Å². The topological polar surface area (TPSA) is 134 Å². The zero-order valence-electron chi connectivity index (χ0n) is 26.6. The molecule has 0 aliphatic carbocycles. The minimum Gasteiger partial charge on any atom is -0.380 e. The lowest BCUT2D eigenvalue weighted by molar-refractivity contribution is -0.132. The Morgan fingerprint density at radius 3 is 2.24 bits per heavy atom. The number of aryl methyl sites for hydroxylation is 2. The zero-order chi connectivity index (χ0) is 30.7. The van der Waals surface area contributed by atoms with Gasteiger partial charge in [0.15, 0.2) is 0 Å². The van der Waals surface area contributed by atoms with Crippen molar-refractivity contribution < 1.29 is 28.6 Å². The fourth-order valence-electron chi connectivity index (χ4n) is 3.82. The predicted molar refractivity (Wildman–Crippen MR) is 158 cm³/mol. The third-order valence-electron chi connectivity index (χ3n) is 6.95. The van der Waals surface area contributed by atoms with Crippen molar-refractivity contribution in [2.45, 2.75) is 118 Å². The van der Waals surface area contributed by atoms with Crippen LogP contribution >= 0.6 is 0 Å². The molecule has 1 rings (SSSR count). The molecule has 0 fully saturated rings. The SMILES string of the molecule is CCOCC(COCC)NC(=O)CCCCCn1cc(CCCC(=O)NCCC(C)(C)OCC(C)(C)C(C)=O)nn1. The number of unbranched alkanes of at least 4 members (excludes halogenated alkanes) is 2. The van der Waals surface area contributed by atoms with Gasteiger partial charge in [-0.15, -0.1) is 5.10 Å². The van der Waals surface area contributed by atoms with Crippen LogP contribution in [0.25, 0.3) is 0 Å². The van der Waals surface area contributed by atoms with Gasteiger partial charge in [-0.1, -0.05) is 25.5 Å². The molecule has 0 spiro atoms. The Bertz CT molecular complexity index is 894. The van der Waals surface area contributed by atoms with Crippen molar-refractivity contribution in [3.8, 4) is 0 Å². The number of amides is 2. The number of ether oxygens (including phenoxy) is 3. The molecule has 236 valence electrons. The Hall–Kier alpha value is -2.37. The van der Waals surface area contributed by atoms with Crippen molar-refractivity contribution in [2.24, 2.45) is 5.41 Å². The van der Waals surface area contributed by atoms with E-state index in [-0.39, 0.29) is 23.6 Å². The van der Waals surface area contributed by atoms with Crippen LogP contribution in [0.1, 0.15) is 99.1 Å². The molecule has 0 aromatic carbocycles. The van der Waals surface area contributed by atoms with E-state index in [1.54, 1.807) is 6.92 Å². The summed E-state index contributed by atoms with van der Waals surface area (Å²) in [7, 11) is 0. The zero-order valence-corrected chi connectivity index (χ0v) is 26.6. The normalized spacial score (nSPS) is 12.1. The minimum atomic E-state index is -0.515. The van der Waals surface area contributed by atoms with Crippen molar-refractivity contribution in [2.75, 3.05) is 39.6 Å². The molecule has 0 bridgehead atoms. The number of rotatable bonds is 24. The molecule has 2 amide bonds. The summed E-state index contributed by atoms with van der Waals surface area (Å²) < 4.78 is 18.6. The second-order valence-electron chi connectivity index (χ2n) is 11.8. The molecule has 0 aliphatic rings. The standard InChI is InChI=1S/C30H55N5O6/c1-8-39-21-26(22-40-9-2)32-28(38)15-11-10-12-19-35-20-25(33-34-35)14-13-16-27(37)31-18-17-30(6,7)41-23-29(4,5)24(3)36/h20,26H,8-19,21-23H2,1-7H3,(H,31,37)(H,32,38). The fourth-order valence-corrected chi connectivity index (χ4v) is 3.82. The highest BCUT2D eigenvalue weighted by atomic mass is 16.5. The highest BCUT2D eigenvalue weighted by Gasteiger charge is 2.28. The number of ketones is 1. The third kappa shape index (κ3) is 17.2. The molecule has 1 heterocycles. The van der Waals surface area contributed by atoms with Crippen LogP contribution in [0.3, 0.4) is 0 Å². The molecule has 0 saturated carbocycles. The molecule has 41 heavy (non-hydrogen) atoms. The number of hydrogen-bond donors (Lipinski definition) is 2. The van der Waals surface area contributed by atoms with Gasteiger partial charge in [0.2, 0.25) is 11.8 Å². The monoisotopic (exact) mass is 581 g/mol. The first-order valence-electron chi connectivity index (χ1n) is 15.1. The van der Waals surface area contributed by atoms with E-state index in [0.29, 0.717) is 71.7 Å². The number of Topliss-reactive ketones (excluding diaryl/α,β-unsaturated/α-hetero) is 1. The maximum atomic E-state index is 12.3. The largest absolute Gasteiger partial charge is 0.380 e. The molecule has 11 nitrogen and oxygen atoms in total. The van der Waals surface area contributed by atoms with Crippen LogP contribution in [0.4, 0.5) is 0 Å². The van der Waals surface area contributed by atoms with Gasteiger partial charge in [0.1, 0.15) is 5.78 Å². The molecular formula is C30H55N5O6. The second kappa shape index (κ2) is 19.7. The highest BCUT2D eigenvalue weighted by Crippen LogP contribution is 2.22. The Morgan fingerprint density at radius 1 is 0.951 bits per heavy atom. The third-order valence-corrected chi connectivity index (χ3v) is 6.95. The number of carbonyl (C=O) groups is 3. The first kappa shape index (κ1) is 36.7. The number of nitrogens with zero attached hydrogens (tertiary/aromatic N) is 3. The van der Waals surface area contributed by atoms with Gasteiger partial charge in [-0.3, -0.25) is 19.1 Å². The first-order valence-corrected chi connectivity index (χ1v) is 15.1. The average Bonchev–Trinajstić information content (AvgIpc) is 3.36. The molecule has 11 heteroatoms. The van der Waals surface area contributed by atoms with Crippen LogP contribution in [-0.2, 0) is 41.6 Å². The lowest BCUT2D eigenvalue weighted by Gasteiger charge is -2.30. The summed E-state index contributed by atoms with van der Waals surface area (Å²) in [5.41, 5.74) is -0.0746. The summed E-state index contributed by atoms with van der Waals surface area (Å²) in [4.78, 5) is 36.2. The average molecular weight is 582 g/mol. The molecule has 0 radical (unpaired) electrons. The van der Waals surface area contributed by atoms with Gasteiger partial charge in [-0.2, -0.15) is 0 Å². The van der Waals surface area contributed by atoms with Gasteiger partial charge >= 0.3 is 0 Å². The van der Waals surface area contributed by atoms with Gasteiger partial charge in [0.05, 0.1) is 37.2 Å². The van der Waals surface area contributed by atoms with Gasteiger partial charge in [-0.25, -0.2) is 0 Å². The molecule has 0 unspecified atom stereocenters. The maximum Gasteiger partial charge on any atom is 0.220 e. The molecule has 0 saturated heterocycles. The van der Waals surface area contributed by atoms with Gasteiger partial charge in [-0.05, 0) is 66.7 Å². The Labute approximate surface area is 246 Å². The van der Waals surface area contributed by atoms with Crippen molar-refractivity contribution in [1.29, 1.82) is 0 Å². The first-order chi connectivity index (χ1) is 19.4. The van der Waals surface area contributed by atoms with E-state index in [1.807, 2.05) is 52.4 Å². The molecule has 2 N–H and O–H groups in total. The van der Waals surface area contributed by atoms with E-state index in [4.69, 9.17) is 14.2 Å². The highest BCUT2D eigenvalue weighted by molar-refractivity contribution is 5.81. The number of carbonyl (C=O) groups excluding carboxylic acids is 3. The molecule has 0 aliphatic heterocycles. The van der Waals surface area contributed by atoms with E-state index >= 15 is 0 Å². The molecule has 1 aromatic heterocycles. The quantitative estimate of drug-likeness (QED) is 0.177. The van der Waals surface area contributed by atoms with Crippen molar-refractivity contribution >= 4 is 17.6 Å². The van der Waals surface area contributed by atoms with Gasteiger partial charge < -0.3 is 24.8 Å². The van der Waals surface area contributed by atoms with Crippen LogP contribution in [0.2, 0.25) is 0 Å². The second-order valence-corrected chi connectivity index (χ2v) is 11.8. The number of hydrogen-bond acceptors (Lipinski definition) is 8.